The summed E-state index contributed by atoms with van der Waals surface area (Å²) in [7, 11) is 0. The first kappa shape index (κ1) is 18.1. The Labute approximate surface area is 165 Å². The summed E-state index contributed by atoms with van der Waals surface area (Å²) in [5, 5.41) is 20.7. The molecule has 8 nitrogen and oxygen atoms in total. The molecule has 8 heteroatoms. The second-order valence-electron chi connectivity index (χ2n) is 6.18. The third-order valence-electron chi connectivity index (χ3n) is 4.45. The molecule has 0 aliphatic carbocycles. The van der Waals surface area contributed by atoms with Crippen molar-refractivity contribution in [2.75, 3.05) is 6.61 Å². The molecule has 0 aliphatic heterocycles. The lowest BCUT2D eigenvalue weighted by Crippen LogP contribution is -1.98. The number of ether oxygens (including phenoxy) is 1. The summed E-state index contributed by atoms with van der Waals surface area (Å²) < 4.78 is 7.31. The quantitative estimate of drug-likeness (QED) is 0.375. The van der Waals surface area contributed by atoms with Crippen LogP contribution in [0.5, 0.6) is 5.75 Å². The molecule has 29 heavy (non-hydrogen) atoms. The number of nitro groups is 1. The Morgan fingerprint density at radius 3 is 2.69 bits per heavy atom. The molecule has 4 aromatic rings. The van der Waals surface area contributed by atoms with Gasteiger partial charge in [0, 0.05) is 29.6 Å². The Balaban J connectivity index is 1.96. The van der Waals surface area contributed by atoms with Crippen LogP contribution in [0.15, 0.2) is 61.1 Å². The Kier molecular flexibility index (Phi) is 4.63. The molecular weight excluding hydrogens is 370 g/mol. The van der Waals surface area contributed by atoms with Crippen molar-refractivity contribution in [1.29, 1.82) is 5.26 Å². The zero-order chi connectivity index (χ0) is 20.4. The number of hydrogen-bond donors (Lipinski definition) is 0. The molecule has 0 saturated heterocycles. The van der Waals surface area contributed by atoms with Crippen molar-refractivity contribution >= 4 is 16.7 Å². The van der Waals surface area contributed by atoms with Gasteiger partial charge in [-0.1, -0.05) is 12.1 Å². The minimum Gasteiger partial charge on any atom is -0.494 e. The maximum absolute atomic E-state index is 11.2. The van der Waals surface area contributed by atoms with Crippen molar-refractivity contribution in [2.24, 2.45) is 0 Å². The normalized spacial score (nSPS) is 10.6. The summed E-state index contributed by atoms with van der Waals surface area (Å²) in [6.07, 6.45) is 3.05. The van der Waals surface area contributed by atoms with Crippen LogP contribution in [-0.4, -0.2) is 26.1 Å². The number of aromatic nitrogens is 3. The van der Waals surface area contributed by atoms with Crippen molar-refractivity contribution in [3.05, 3.63) is 76.7 Å². The van der Waals surface area contributed by atoms with Gasteiger partial charge in [0.15, 0.2) is 0 Å². The highest BCUT2D eigenvalue weighted by Crippen LogP contribution is 2.32. The van der Waals surface area contributed by atoms with E-state index in [1.54, 1.807) is 18.3 Å². The predicted molar refractivity (Wildman–Crippen MR) is 107 cm³/mol. The van der Waals surface area contributed by atoms with Gasteiger partial charge in [-0.05, 0) is 31.2 Å². The Bertz CT molecular complexity index is 1260. The third kappa shape index (κ3) is 3.26. The number of non-ortho nitro benzene ring substituents is 1. The van der Waals surface area contributed by atoms with E-state index in [1.807, 2.05) is 35.8 Å². The second-order valence-corrected chi connectivity index (χ2v) is 6.18. The van der Waals surface area contributed by atoms with E-state index in [9.17, 15) is 15.4 Å². The molecule has 0 saturated carbocycles. The molecular formula is C21H15N5O3. The van der Waals surface area contributed by atoms with Crippen LogP contribution in [0.1, 0.15) is 12.5 Å². The molecule has 0 fully saturated rings. The van der Waals surface area contributed by atoms with Gasteiger partial charge in [0.2, 0.25) is 0 Å². The van der Waals surface area contributed by atoms with Gasteiger partial charge in [-0.3, -0.25) is 10.1 Å². The van der Waals surface area contributed by atoms with Crippen LogP contribution >= 0.6 is 0 Å². The number of nitrogens with zero attached hydrogens (tertiary/aromatic N) is 5. The van der Waals surface area contributed by atoms with E-state index in [0.717, 1.165) is 11.4 Å². The van der Waals surface area contributed by atoms with Crippen LogP contribution in [0, 0.1) is 21.4 Å². The summed E-state index contributed by atoms with van der Waals surface area (Å²) in [5.41, 5.74) is 3.32. The van der Waals surface area contributed by atoms with Gasteiger partial charge < -0.3 is 9.30 Å². The molecule has 142 valence electrons. The highest BCUT2D eigenvalue weighted by molar-refractivity contribution is 5.94. The summed E-state index contributed by atoms with van der Waals surface area (Å²) >= 11 is 0. The van der Waals surface area contributed by atoms with Crippen LogP contribution in [0.4, 0.5) is 5.69 Å². The number of hydrogen-bond acceptors (Lipinski definition) is 6. The maximum Gasteiger partial charge on any atom is 0.270 e. The van der Waals surface area contributed by atoms with Gasteiger partial charge in [-0.25, -0.2) is 9.97 Å². The number of nitriles is 1. The minimum atomic E-state index is -0.450. The third-order valence-corrected chi connectivity index (χ3v) is 4.45. The molecule has 4 rings (SSSR count). The fourth-order valence-electron chi connectivity index (χ4n) is 3.19. The largest absolute Gasteiger partial charge is 0.494 e. The van der Waals surface area contributed by atoms with E-state index in [4.69, 9.17) is 4.74 Å². The van der Waals surface area contributed by atoms with Crippen molar-refractivity contribution in [3.8, 4) is 28.8 Å². The lowest BCUT2D eigenvalue weighted by Gasteiger charge is -2.10. The van der Waals surface area contributed by atoms with Crippen molar-refractivity contribution in [2.45, 2.75) is 6.92 Å². The molecule has 2 heterocycles. The van der Waals surface area contributed by atoms with Crippen molar-refractivity contribution in [3.63, 3.8) is 0 Å². The van der Waals surface area contributed by atoms with Gasteiger partial charge in [-0.15, -0.1) is 0 Å². The Hall–Kier alpha value is -4.25. The summed E-state index contributed by atoms with van der Waals surface area (Å²) in [6, 6.07) is 15.8. The van der Waals surface area contributed by atoms with E-state index >= 15 is 0 Å². The van der Waals surface area contributed by atoms with Gasteiger partial charge >= 0.3 is 0 Å². The summed E-state index contributed by atoms with van der Waals surface area (Å²) in [4.78, 5) is 19.4. The van der Waals surface area contributed by atoms with Crippen LogP contribution in [0.2, 0.25) is 0 Å². The van der Waals surface area contributed by atoms with E-state index in [-0.39, 0.29) is 5.69 Å². The van der Waals surface area contributed by atoms with E-state index < -0.39 is 4.92 Å². The van der Waals surface area contributed by atoms with E-state index in [1.165, 1.54) is 18.5 Å². The molecule has 0 bridgehead atoms. The lowest BCUT2D eigenvalue weighted by molar-refractivity contribution is -0.384. The molecule has 0 radical (unpaired) electrons. The molecule has 0 aliphatic rings. The van der Waals surface area contributed by atoms with Gasteiger partial charge in [0.25, 0.3) is 5.69 Å². The zero-order valence-corrected chi connectivity index (χ0v) is 15.4. The van der Waals surface area contributed by atoms with Crippen LogP contribution in [-0.2, 0) is 0 Å². The van der Waals surface area contributed by atoms with E-state index in [0.29, 0.717) is 34.5 Å². The van der Waals surface area contributed by atoms with Gasteiger partial charge in [0.05, 0.1) is 28.3 Å². The zero-order valence-electron chi connectivity index (χ0n) is 15.4. The fraction of sp³-hybridized carbons (Fsp3) is 0.0952. The molecule has 0 amide bonds. The van der Waals surface area contributed by atoms with Crippen LogP contribution in [0.25, 0.3) is 28.0 Å². The minimum absolute atomic E-state index is 0.0334. The first-order chi connectivity index (χ1) is 14.1. The van der Waals surface area contributed by atoms with E-state index in [2.05, 4.69) is 16.0 Å². The summed E-state index contributed by atoms with van der Waals surface area (Å²) in [5.74, 6) is 0.739. The topological polar surface area (TPSA) is 107 Å². The molecule has 0 spiro atoms. The standard InChI is InChI=1S/C21H15N5O3/c1-2-29-18-8-6-16(7-9-18)25-12-15(11-22)20-21(25)19(23-13-24-20)14-4-3-5-17(10-14)26(27)28/h3-10,12-13H,2H2,1H3. The monoisotopic (exact) mass is 385 g/mol. The molecule has 0 N–H and O–H groups in total. The first-order valence-corrected chi connectivity index (χ1v) is 8.86. The second kappa shape index (κ2) is 7.40. The fourth-order valence-corrected chi connectivity index (χ4v) is 3.19. The highest BCUT2D eigenvalue weighted by Gasteiger charge is 2.18. The SMILES string of the molecule is CCOc1ccc(-n2cc(C#N)c3ncnc(-c4cccc([N+](=O)[O-])c4)c32)cc1. The number of fused-ring (bicyclic) bond motifs is 1. The van der Waals surface area contributed by atoms with Gasteiger partial charge in [0.1, 0.15) is 23.7 Å². The van der Waals surface area contributed by atoms with Crippen LogP contribution in [0.3, 0.4) is 0 Å². The first-order valence-electron chi connectivity index (χ1n) is 8.86. The lowest BCUT2D eigenvalue weighted by atomic mass is 10.1. The Morgan fingerprint density at radius 1 is 1.21 bits per heavy atom. The highest BCUT2D eigenvalue weighted by atomic mass is 16.6. The average Bonchev–Trinajstić information content (AvgIpc) is 3.13. The number of benzene rings is 2. The van der Waals surface area contributed by atoms with Crippen LogP contribution < -0.4 is 4.74 Å². The average molecular weight is 385 g/mol. The molecule has 2 aromatic heterocycles. The van der Waals surface area contributed by atoms with Crippen molar-refractivity contribution in [1.82, 2.24) is 14.5 Å². The predicted octanol–water partition coefficient (Wildman–Crippen LogP) is 4.27. The smallest absolute Gasteiger partial charge is 0.270 e. The maximum atomic E-state index is 11.2. The molecule has 0 unspecified atom stereocenters. The van der Waals surface area contributed by atoms with Crippen molar-refractivity contribution < 1.29 is 9.66 Å². The molecule has 2 aromatic carbocycles. The Morgan fingerprint density at radius 2 is 2.00 bits per heavy atom. The number of rotatable bonds is 5. The van der Waals surface area contributed by atoms with Gasteiger partial charge in [-0.2, -0.15) is 5.26 Å². The molecule has 0 atom stereocenters. The summed E-state index contributed by atoms with van der Waals surface area (Å²) in [6.45, 7) is 2.48. The number of nitro benzene ring substituents is 1.